The topological polar surface area (TPSA) is 71.2 Å². The van der Waals surface area contributed by atoms with Crippen LogP contribution in [-0.2, 0) is 13.2 Å². The van der Waals surface area contributed by atoms with Crippen molar-refractivity contribution in [2.24, 2.45) is 0 Å². The van der Waals surface area contributed by atoms with E-state index in [4.69, 9.17) is 0 Å². The molecule has 5 heteroatoms. The van der Waals surface area contributed by atoms with E-state index in [-0.39, 0.29) is 6.61 Å². The van der Waals surface area contributed by atoms with Gasteiger partial charge in [-0.25, -0.2) is 9.67 Å². The molecule has 3 aromatic rings. The van der Waals surface area contributed by atoms with Crippen molar-refractivity contribution in [3.05, 3.63) is 60.2 Å². The minimum atomic E-state index is -0.901. The molecule has 0 fully saturated rings. The van der Waals surface area contributed by atoms with Crippen LogP contribution < -0.4 is 0 Å². The Labute approximate surface area is 141 Å². The summed E-state index contributed by atoms with van der Waals surface area (Å²) in [6.45, 7) is 3.83. The van der Waals surface area contributed by atoms with Crippen LogP contribution in [-0.4, -0.2) is 30.6 Å². The number of benzene rings is 2. The number of aliphatic hydroxyl groups is 2. The van der Waals surface area contributed by atoms with E-state index in [9.17, 15) is 10.2 Å². The van der Waals surface area contributed by atoms with Gasteiger partial charge >= 0.3 is 0 Å². The Hall–Kier alpha value is -2.50. The summed E-state index contributed by atoms with van der Waals surface area (Å²) in [6.07, 6.45) is 0. The van der Waals surface area contributed by atoms with Crippen LogP contribution >= 0.6 is 0 Å². The van der Waals surface area contributed by atoms with Gasteiger partial charge in [-0.1, -0.05) is 54.6 Å². The molecular formula is C19H21N3O2. The molecule has 0 radical (unpaired) electrons. The van der Waals surface area contributed by atoms with Crippen molar-refractivity contribution >= 4 is 0 Å². The van der Waals surface area contributed by atoms with Gasteiger partial charge in [0.2, 0.25) is 0 Å². The standard InChI is InChI=1S/C19H21N3O2/c1-19(2,24)13-22-18(16-10-8-14(12-23)9-11-16)20-17(21-22)15-6-4-3-5-7-15/h3-11,23-24H,12-13H2,1-2H3. The monoisotopic (exact) mass is 323 g/mol. The first-order chi connectivity index (χ1) is 11.5. The fourth-order valence-electron chi connectivity index (χ4n) is 2.50. The molecule has 0 aliphatic rings. The number of aromatic nitrogens is 3. The van der Waals surface area contributed by atoms with Crippen molar-refractivity contribution in [3.63, 3.8) is 0 Å². The van der Waals surface area contributed by atoms with Gasteiger partial charge in [0.1, 0.15) is 0 Å². The van der Waals surface area contributed by atoms with Gasteiger partial charge in [0.15, 0.2) is 11.6 Å². The quantitative estimate of drug-likeness (QED) is 0.757. The lowest BCUT2D eigenvalue weighted by Gasteiger charge is -2.18. The largest absolute Gasteiger partial charge is 0.392 e. The van der Waals surface area contributed by atoms with Gasteiger partial charge in [-0.15, -0.1) is 0 Å². The molecule has 1 aromatic heterocycles. The fraction of sp³-hybridized carbons (Fsp3) is 0.263. The Morgan fingerprint density at radius 2 is 1.62 bits per heavy atom. The van der Waals surface area contributed by atoms with Crippen LogP contribution in [0, 0.1) is 0 Å². The average Bonchev–Trinajstić information content (AvgIpc) is 2.97. The second kappa shape index (κ2) is 6.55. The minimum Gasteiger partial charge on any atom is -0.392 e. The first-order valence-electron chi connectivity index (χ1n) is 7.89. The predicted molar refractivity (Wildman–Crippen MR) is 93.1 cm³/mol. The van der Waals surface area contributed by atoms with Crippen LogP contribution in [0.5, 0.6) is 0 Å². The highest BCUT2D eigenvalue weighted by molar-refractivity contribution is 5.61. The molecule has 1 heterocycles. The molecule has 0 amide bonds. The minimum absolute atomic E-state index is 0.00586. The molecule has 5 nitrogen and oxygen atoms in total. The van der Waals surface area contributed by atoms with E-state index in [0.717, 1.165) is 16.7 Å². The lowest BCUT2D eigenvalue weighted by Crippen LogP contribution is -2.27. The highest BCUT2D eigenvalue weighted by Crippen LogP contribution is 2.24. The number of nitrogens with zero attached hydrogens (tertiary/aromatic N) is 3. The van der Waals surface area contributed by atoms with Crippen molar-refractivity contribution in [1.29, 1.82) is 0 Å². The zero-order valence-corrected chi connectivity index (χ0v) is 13.8. The summed E-state index contributed by atoms with van der Waals surface area (Å²) in [7, 11) is 0. The van der Waals surface area contributed by atoms with Crippen LogP contribution in [0.25, 0.3) is 22.8 Å². The summed E-state index contributed by atoms with van der Waals surface area (Å²) >= 11 is 0. The Morgan fingerprint density at radius 3 is 2.21 bits per heavy atom. The number of hydrogen-bond acceptors (Lipinski definition) is 4. The first-order valence-corrected chi connectivity index (χ1v) is 7.89. The van der Waals surface area contributed by atoms with Crippen molar-refractivity contribution in [3.8, 4) is 22.8 Å². The lowest BCUT2D eigenvalue weighted by molar-refractivity contribution is 0.0582. The van der Waals surface area contributed by atoms with Gasteiger partial charge in [-0.2, -0.15) is 5.10 Å². The van der Waals surface area contributed by atoms with E-state index in [1.54, 1.807) is 18.5 Å². The second-order valence-corrected chi connectivity index (χ2v) is 6.45. The van der Waals surface area contributed by atoms with E-state index in [2.05, 4.69) is 10.1 Å². The van der Waals surface area contributed by atoms with Crippen molar-refractivity contribution in [1.82, 2.24) is 14.8 Å². The summed E-state index contributed by atoms with van der Waals surface area (Å²) in [5, 5.41) is 24.0. The zero-order valence-electron chi connectivity index (χ0n) is 13.8. The zero-order chi connectivity index (χ0) is 17.2. The maximum atomic E-state index is 10.2. The van der Waals surface area contributed by atoms with Crippen LogP contribution in [0.2, 0.25) is 0 Å². The van der Waals surface area contributed by atoms with Gasteiger partial charge in [0.25, 0.3) is 0 Å². The number of aliphatic hydroxyl groups excluding tert-OH is 1. The van der Waals surface area contributed by atoms with Gasteiger partial charge in [0, 0.05) is 11.1 Å². The molecule has 0 aliphatic heterocycles. The predicted octanol–water partition coefficient (Wildman–Crippen LogP) is 2.88. The summed E-state index contributed by atoms with van der Waals surface area (Å²) in [6, 6.07) is 17.3. The van der Waals surface area contributed by atoms with E-state index < -0.39 is 5.60 Å². The van der Waals surface area contributed by atoms with E-state index in [0.29, 0.717) is 18.2 Å². The maximum absolute atomic E-state index is 10.2. The molecule has 0 atom stereocenters. The van der Waals surface area contributed by atoms with Crippen LogP contribution in [0.4, 0.5) is 0 Å². The van der Waals surface area contributed by atoms with Gasteiger partial charge in [-0.3, -0.25) is 0 Å². The lowest BCUT2D eigenvalue weighted by atomic mass is 10.1. The third-order valence-electron chi connectivity index (χ3n) is 3.64. The maximum Gasteiger partial charge on any atom is 0.181 e. The smallest absolute Gasteiger partial charge is 0.181 e. The molecule has 24 heavy (non-hydrogen) atoms. The van der Waals surface area contributed by atoms with Gasteiger partial charge < -0.3 is 10.2 Å². The summed E-state index contributed by atoms with van der Waals surface area (Å²) in [5.74, 6) is 1.32. The van der Waals surface area contributed by atoms with Crippen LogP contribution in [0.1, 0.15) is 19.4 Å². The first kappa shape index (κ1) is 16.4. The Kier molecular flexibility index (Phi) is 4.46. The van der Waals surface area contributed by atoms with Crippen LogP contribution in [0.3, 0.4) is 0 Å². The summed E-state index contributed by atoms with van der Waals surface area (Å²) in [5.41, 5.74) is 1.77. The van der Waals surface area contributed by atoms with Gasteiger partial charge in [-0.05, 0) is 19.4 Å². The second-order valence-electron chi connectivity index (χ2n) is 6.45. The molecule has 3 rings (SSSR count). The van der Waals surface area contributed by atoms with Gasteiger partial charge in [0.05, 0.1) is 18.8 Å². The molecule has 0 spiro atoms. The van der Waals surface area contributed by atoms with E-state index >= 15 is 0 Å². The average molecular weight is 323 g/mol. The third kappa shape index (κ3) is 3.69. The third-order valence-corrected chi connectivity index (χ3v) is 3.64. The van der Waals surface area contributed by atoms with Crippen molar-refractivity contribution in [2.45, 2.75) is 32.6 Å². The molecule has 2 aromatic carbocycles. The highest BCUT2D eigenvalue weighted by atomic mass is 16.3. The van der Waals surface area contributed by atoms with Crippen molar-refractivity contribution in [2.75, 3.05) is 0 Å². The summed E-state index contributed by atoms with van der Waals surface area (Å²) in [4.78, 5) is 4.67. The highest BCUT2D eigenvalue weighted by Gasteiger charge is 2.20. The van der Waals surface area contributed by atoms with Crippen LogP contribution in [0.15, 0.2) is 54.6 Å². The number of rotatable bonds is 5. The molecule has 124 valence electrons. The molecule has 0 unspecified atom stereocenters. The SMILES string of the molecule is CC(C)(O)Cn1nc(-c2ccccc2)nc1-c1ccc(CO)cc1. The Balaban J connectivity index is 2.06. The van der Waals surface area contributed by atoms with Crippen molar-refractivity contribution < 1.29 is 10.2 Å². The number of hydrogen-bond donors (Lipinski definition) is 2. The molecule has 0 saturated heterocycles. The Morgan fingerprint density at radius 1 is 0.958 bits per heavy atom. The van der Waals surface area contributed by atoms with E-state index in [1.165, 1.54) is 0 Å². The fourth-order valence-corrected chi connectivity index (χ4v) is 2.50. The Bertz CT molecular complexity index is 803. The molecule has 2 N–H and O–H groups in total. The molecule has 0 saturated carbocycles. The molecular weight excluding hydrogens is 302 g/mol. The molecule has 0 aliphatic carbocycles. The van der Waals surface area contributed by atoms with E-state index in [1.807, 2.05) is 54.6 Å². The molecule has 0 bridgehead atoms. The summed E-state index contributed by atoms with van der Waals surface area (Å²) < 4.78 is 1.73. The normalized spacial score (nSPS) is 11.7.